The minimum Gasteiger partial charge on any atom is -0.478 e. The topological polar surface area (TPSA) is 66.8 Å². The van der Waals surface area contributed by atoms with Crippen molar-refractivity contribution in [3.8, 4) is 0 Å². The number of nitrogens with zero attached hydrogens (tertiary/aromatic N) is 1. The molecule has 1 saturated heterocycles. The number of morpholine rings is 1. The summed E-state index contributed by atoms with van der Waals surface area (Å²) in [4.78, 5) is 25.5. The van der Waals surface area contributed by atoms with Gasteiger partial charge in [-0.1, -0.05) is 37.8 Å². The number of rotatable bonds is 4. The lowest BCUT2D eigenvalue weighted by Crippen LogP contribution is -2.53. The van der Waals surface area contributed by atoms with E-state index < -0.39 is 5.97 Å². The minimum absolute atomic E-state index is 0.118. The minimum atomic E-state index is -0.926. The fraction of sp³-hybridized carbons (Fsp3) is 0.600. The molecule has 2 aliphatic rings. The van der Waals surface area contributed by atoms with E-state index in [1.54, 1.807) is 24.3 Å². The van der Waals surface area contributed by atoms with Crippen LogP contribution in [0.5, 0.6) is 0 Å². The highest BCUT2D eigenvalue weighted by molar-refractivity contribution is 5.87. The summed E-state index contributed by atoms with van der Waals surface area (Å²) in [6.07, 6.45) is 8.15. The van der Waals surface area contributed by atoms with Crippen LogP contribution in [-0.2, 0) is 16.0 Å². The zero-order valence-corrected chi connectivity index (χ0v) is 14.7. The van der Waals surface area contributed by atoms with Gasteiger partial charge in [0.15, 0.2) is 0 Å². The molecule has 1 spiro atoms. The maximum atomic E-state index is 12.6. The molecule has 5 heteroatoms. The van der Waals surface area contributed by atoms with Gasteiger partial charge in [-0.05, 0) is 37.0 Å². The Labute approximate surface area is 149 Å². The molecule has 1 aliphatic carbocycles. The van der Waals surface area contributed by atoms with Crippen LogP contribution in [0.1, 0.15) is 60.9 Å². The van der Waals surface area contributed by atoms with Crippen molar-refractivity contribution in [3.63, 3.8) is 0 Å². The molecule has 136 valence electrons. The second kappa shape index (κ2) is 8.00. The Morgan fingerprint density at radius 1 is 1.08 bits per heavy atom. The highest BCUT2D eigenvalue weighted by atomic mass is 16.5. The molecule has 1 N–H and O–H groups in total. The van der Waals surface area contributed by atoms with Crippen LogP contribution in [0.4, 0.5) is 0 Å². The summed E-state index contributed by atoms with van der Waals surface area (Å²) in [7, 11) is 0. The zero-order chi connectivity index (χ0) is 17.7. The van der Waals surface area contributed by atoms with Crippen LogP contribution in [0.3, 0.4) is 0 Å². The molecule has 3 rings (SSSR count). The van der Waals surface area contributed by atoms with Crippen LogP contribution in [0.2, 0.25) is 0 Å². The summed E-state index contributed by atoms with van der Waals surface area (Å²) < 4.78 is 6.12. The number of carboxylic acids is 1. The third-order valence-electron chi connectivity index (χ3n) is 5.44. The quantitative estimate of drug-likeness (QED) is 0.909. The maximum absolute atomic E-state index is 12.6. The van der Waals surface area contributed by atoms with Crippen molar-refractivity contribution >= 4 is 11.9 Å². The molecule has 1 aromatic rings. The number of carbonyl (C=O) groups excluding carboxylic acids is 1. The number of aromatic carboxylic acids is 1. The second-order valence-corrected chi connectivity index (χ2v) is 7.26. The average molecular weight is 345 g/mol. The fourth-order valence-corrected chi connectivity index (χ4v) is 3.96. The fourth-order valence-electron chi connectivity index (χ4n) is 3.96. The number of amides is 1. The summed E-state index contributed by atoms with van der Waals surface area (Å²) in [6.45, 7) is 2.04. The van der Waals surface area contributed by atoms with E-state index in [9.17, 15) is 9.59 Å². The Bertz CT molecular complexity index is 603. The van der Waals surface area contributed by atoms with Crippen LogP contribution in [0.25, 0.3) is 0 Å². The lowest BCUT2D eigenvalue weighted by molar-refractivity contribution is -0.153. The first-order chi connectivity index (χ1) is 12.1. The Kier molecular flexibility index (Phi) is 5.74. The molecule has 0 bridgehead atoms. The van der Waals surface area contributed by atoms with E-state index >= 15 is 0 Å². The normalized spacial score (nSPS) is 20.2. The Hall–Kier alpha value is -1.88. The number of hydrogen-bond acceptors (Lipinski definition) is 3. The summed E-state index contributed by atoms with van der Waals surface area (Å²) in [5.74, 6) is -0.751. The van der Waals surface area contributed by atoms with Crippen molar-refractivity contribution in [1.29, 1.82) is 0 Å². The SMILES string of the molecule is O=C(O)c1ccc(CCC(=O)N2CCOC3(CCCCCC3)C2)cc1. The Morgan fingerprint density at radius 3 is 2.40 bits per heavy atom. The molecule has 1 amide bonds. The standard InChI is InChI=1S/C20H27NO4/c22-18(10-7-16-5-8-17(9-6-16)19(23)24)21-13-14-25-20(15-21)11-3-1-2-4-12-20/h5-6,8-9H,1-4,7,10-15H2,(H,23,24). The largest absolute Gasteiger partial charge is 0.478 e. The first kappa shape index (κ1) is 17.9. The Balaban J connectivity index is 1.54. The first-order valence-corrected chi connectivity index (χ1v) is 9.32. The number of aryl methyl sites for hydroxylation is 1. The van der Waals surface area contributed by atoms with Gasteiger partial charge in [0.05, 0.1) is 17.8 Å². The third kappa shape index (κ3) is 4.60. The van der Waals surface area contributed by atoms with Gasteiger partial charge in [-0.25, -0.2) is 4.79 Å². The van der Waals surface area contributed by atoms with Crippen molar-refractivity contribution in [1.82, 2.24) is 4.90 Å². The predicted molar refractivity (Wildman–Crippen MR) is 94.7 cm³/mol. The molecule has 1 aliphatic heterocycles. The number of carbonyl (C=O) groups is 2. The zero-order valence-electron chi connectivity index (χ0n) is 14.7. The summed E-state index contributed by atoms with van der Waals surface area (Å²) in [5, 5.41) is 8.93. The lowest BCUT2D eigenvalue weighted by atomic mass is 9.92. The first-order valence-electron chi connectivity index (χ1n) is 9.32. The number of carboxylic acid groups (broad SMARTS) is 1. The molecule has 0 atom stereocenters. The Morgan fingerprint density at radius 2 is 1.76 bits per heavy atom. The molecule has 0 radical (unpaired) electrons. The van der Waals surface area contributed by atoms with Gasteiger partial charge in [-0.15, -0.1) is 0 Å². The van der Waals surface area contributed by atoms with Gasteiger partial charge in [0, 0.05) is 19.5 Å². The van der Waals surface area contributed by atoms with Crippen LogP contribution in [-0.4, -0.2) is 47.2 Å². The van der Waals surface area contributed by atoms with Gasteiger partial charge in [-0.3, -0.25) is 4.79 Å². The van der Waals surface area contributed by atoms with E-state index in [0.29, 0.717) is 26.0 Å². The molecular weight excluding hydrogens is 318 g/mol. The smallest absolute Gasteiger partial charge is 0.335 e. The maximum Gasteiger partial charge on any atom is 0.335 e. The van der Waals surface area contributed by atoms with Crippen molar-refractivity contribution in [2.24, 2.45) is 0 Å². The number of ether oxygens (including phenoxy) is 1. The molecule has 1 saturated carbocycles. The summed E-state index contributed by atoms with van der Waals surface area (Å²) in [5.41, 5.74) is 1.16. The molecule has 0 unspecified atom stereocenters. The summed E-state index contributed by atoms with van der Waals surface area (Å²) >= 11 is 0. The highest BCUT2D eigenvalue weighted by Gasteiger charge is 2.38. The highest BCUT2D eigenvalue weighted by Crippen LogP contribution is 2.33. The second-order valence-electron chi connectivity index (χ2n) is 7.26. The van der Waals surface area contributed by atoms with Crippen molar-refractivity contribution in [2.45, 2.75) is 57.0 Å². The monoisotopic (exact) mass is 345 g/mol. The third-order valence-corrected chi connectivity index (χ3v) is 5.44. The van der Waals surface area contributed by atoms with E-state index in [4.69, 9.17) is 9.84 Å². The van der Waals surface area contributed by atoms with E-state index in [0.717, 1.165) is 24.9 Å². The molecule has 1 heterocycles. The molecule has 25 heavy (non-hydrogen) atoms. The van der Waals surface area contributed by atoms with Gasteiger partial charge in [0.1, 0.15) is 0 Å². The van der Waals surface area contributed by atoms with Gasteiger partial charge in [0.2, 0.25) is 5.91 Å². The van der Waals surface area contributed by atoms with E-state index in [1.807, 2.05) is 4.90 Å². The molecule has 0 aromatic heterocycles. The van der Waals surface area contributed by atoms with Gasteiger partial charge < -0.3 is 14.7 Å². The molecular formula is C20H27NO4. The van der Waals surface area contributed by atoms with Crippen molar-refractivity contribution in [2.75, 3.05) is 19.7 Å². The van der Waals surface area contributed by atoms with E-state index in [1.165, 1.54) is 25.7 Å². The van der Waals surface area contributed by atoms with Crippen LogP contribution in [0, 0.1) is 0 Å². The molecule has 5 nitrogen and oxygen atoms in total. The number of hydrogen-bond donors (Lipinski definition) is 1. The van der Waals surface area contributed by atoms with E-state index in [-0.39, 0.29) is 17.1 Å². The van der Waals surface area contributed by atoms with Crippen LogP contribution < -0.4 is 0 Å². The van der Waals surface area contributed by atoms with Crippen LogP contribution >= 0.6 is 0 Å². The van der Waals surface area contributed by atoms with Crippen LogP contribution in [0.15, 0.2) is 24.3 Å². The van der Waals surface area contributed by atoms with Crippen molar-refractivity contribution in [3.05, 3.63) is 35.4 Å². The lowest BCUT2D eigenvalue weighted by Gasteiger charge is -2.42. The van der Waals surface area contributed by atoms with Gasteiger partial charge >= 0.3 is 5.97 Å². The summed E-state index contributed by atoms with van der Waals surface area (Å²) in [6, 6.07) is 6.78. The van der Waals surface area contributed by atoms with Gasteiger partial charge in [0.25, 0.3) is 0 Å². The molecule has 2 fully saturated rings. The average Bonchev–Trinajstić information content (AvgIpc) is 2.85. The van der Waals surface area contributed by atoms with Crippen molar-refractivity contribution < 1.29 is 19.4 Å². The van der Waals surface area contributed by atoms with E-state index in [2.05, 4.69) is 0 Å². The molecule has 1 aromatic carbocycles. The predicted octanol–water partition coefficient (Wildman–Crippen LogP) is 3.27. The number of benzene rings is 1. The van der Waals surface area contributed by atoms with Gasteiger partial charge in [-0.2, -0.15) is 0 Å².